The third kappa shape index (κ3) is 4.36. The van der Waals surface area contributed by atoms with E-state index >= 15 is 0 Å². The Morgan fingerprint density at radius 2 is 1.78 bits per heavy atom. The van der Waals surface area contributed by atoms with E-state index in [0.717, 1.165) is 78.6 Å². The molecule has 0 spiro atoms. The van der Waals surface area contributed by atoms with E-state index in [2.05, 4.69) is 47.1 Å². The van der Waals surface area contributed by atoms with Gasteiger partial charge in [-0.15, -0.1) is 0 Å². The molecule has 0 unspecified atom stereocenters. The van der Waals surface area contributed by atoms with E-state index < -0.39 is 0 Å². The minimum absolute atomic E-state index is 0.655. The summed E-state index contributed by atoms with van der Waals surface area (Å²) in [7, 11) is 0. The van der Waals surface area contributed by atoms with Crippen molar-refractivity contribution in [2.75, 3.05) is 37.7 Å². The Hall–Kier alpha value is -3.25. The summed E-state index contributed by atoms with van der Waals surface area (Å²) in [6.45, 7) is 9.47. The van der Waals surface area contributed by atoms with Gasteiger partial charge in [0.15, 0.2) is 0 Å². The van der Waals surface area contributed by atoms with Gasteiger partial charge in [0.2, 0.25) is 5.95 Å². The first-order valence-corrected chi connectivity index (χ1v) is 11.4. The van der Waals surface area contributed by atoms with E-state index in [1.54, 1.807) is 0 Å². The number of fused-ring (bicyclic) bond motifs is 2. The standard InChI is InChI=1S/C26H29N5O/c1-3-32-22-11-12-25-23(17-22)19(2)27-26(29-25)31-14-6-13-30(15-16-31)18-21-10-9-20-7-4-5-8-24(20)28-21/h4-5,7-12,17H,3,6,13-16,18H2,1-2H3. The third-order valence-electron chi connectivity index (χ3n) is 6.07. The van der Waals surface area contributed by atoms with Gasteiger partial charge in [-0.2, -0.15) is 0 Å². The van der Waals surface area contributed by atoms with Crippen molar-refractivity contribution in [1.82, 2.24) is 19.9 Å². The fourth-order valence-corrected chi connectivity index (χ4v) is 4.40. The summed E-state index contributed by atoms with van der Waals surface area (Å²) in [6.07, 6.45) is 1.08. The third-order valence-corrected chi connectivity index (χ3v) is 6.07. The summed E-state index contributed by atoms with van der Waals surface area (Å²) in [5.41, 5.74) is 4.15. The predicted molar refractivity (Wildman–Crippen MR) is 129 cm³/mol. The number of aromatic nitrogens is 3. The molecule has 5 rings (SSSR count). The maximum absolute atomic E-state index is 5.64. The van der Waals surface area contributed by atoms with Crippen LogP contribution >= 0.6 is 0 Å². The Balaban J connectivity index is 1.30. The van der Waals surface area contributed by atoms with Gasteiger partial charge in [-0.25, -0.2) is 9.97 Å². The maximum atomic E-state index is 5.64. The lowest BCUT2D eigenvalue weighted by atomic mass is 10.2. The van der Waals surface area contributed by atoms with Crippen LogP contribution in [0.5, 0.6) is 5.75 Å². The van der Waals surface area contributed by atoms with E-state index in [4.69, 9.17) is 19.7 Å². The highest BCUT2D eigenvalue weighted by Gasteiger charge is 2.19. The summed E-state index contributed by atoms with van der Waals surface area (Å²) >= 11 is 0. The van der Waals surface area contributed by atoms with Crippen LogP contribution in [0.3, 0.4) is 0 Å². The van der Waals surface area contributed by atoms with Gasteiger partial charge >= 0.3 is 0 Å². The molecule has 4 aromatic rings. The summed E-state index contributed by atoms with van der Waals surface area (Å²) in [5, 5.41) is 2.24. The van der Waals surface area contributed by atoms with Gasteiger partial charge in [0.1, 0.15) is 5.75 Å². The van der Waals surface area contributed by atoms with E-state index in [1.807, 2.05) is 31.2 Å². The highest BCUT2D eigenvalue weighted by molar-refractivity contribution is 5.83. The highest BCUT2D eigenvalue weighted by atomic mass is 16.5. The van der Waals surface area contributed by atoms with Gasteiger partial charge in [0, 0.05) is 43.5 Å². The van der Waals surface area contributed by atoms with Crippen LogP contribution in [-0.4, -0.2) is 52.6 Å². The summed E-state index contributed by atoms with van der Waals surface area (Å²) < 4.78 is 5.64. The number of pyridine rings is 1. The SMILES string of the molecule is CCOc1ccc2nc(N3CCCN(Cc4ccc5ccccc5n4)CC3)nc(C)c2c1. The van der Waals surface area contributed by atoms with Gasteiger partial charge in [0.25, 0.3) is 0 Å². The summed E-state index contributed by atoms with van der Waals surface area (Å²) in [6, 6.07) is 18.7. The van der Waals surface area contributed by atoms with Crippen LogP contribution in [0.1, 0.15) is 24.7 Å². The van der Waals surface area contributed by atoms with Crippen LogP contribution in [0.4, 0.5) is 5.95 Å². The first-order chi connectivity index (χ1) is 15.7. The average molecular weight is 428 g/mol. The first kappa shape index (κ1) is 20.6. The molecule has 2 aromatic carbocycles. The first-order valence-electron chi connectivity index (χ1n) is 11.4. The molecule has 1 saturated heterocycles. The number of hydrogen-bond acceptors (Lipinski definition) is 6. The van der Waals surface area contributed by atoms with E-state index in [0.29, 0.717) is 6.61 Å². The largest absolute Gasteiger partial charge is 0.494 e. The van der Waals surface area contributed by atoms with Crippen molar-refractivity contribution in [2.45, 2.75) is 26.8 Å². The van der Waals surface area contributed by atoms with E-state index in [-0.39, 0.29) is 0 Å². The minimum Gasteiger partial charge on any atom is -0.494 e. The smallest absolute Gasteiger partial charge is 0.226 e. The van der Waals surface area contributed by atoms with Gasteiger partial charge in [-0.3, -0.25) is 9.88 Å². The normalized spacial score (nSPS) is 15.2. The number of anilines is 1. The van der Waals surface area contributed by atoms with Crippen LogP contribution in [-0.2, 0) is 6.54 Å². The van der Waals surface area contributed by atoms with E-state index in [1.165, 1.54) is 5.39 Å². The molecule has 0 N–H and O–H groups in total. The quantitative estimate of drug-likeness (QED) is 0.464. The van der Waals surface area contributed by atoms with Crippen molar-refractivity contribution in [3.63, 3.8) is 0 Å². The molecule has 0 saturated carbocycles. The zero-order chi connectivity index (χ0) is 21.9. The Labute approximate surface area is 188 Å². The molecule has 1 aliphatic heterocycles. The Morgan fingerprint density at radius 1 is 0.875 bits per heavy atom. The molecule has 3 heterocycles. The van der Waals surface area contributed by atoms with Crippen LogP contribution < -0.4 is 9.64 Å². The molecule has 0 aliphatic carbocycles. The Kier molecular flexibility index (Phi) is 5.86. The molecular weight excluding hydrogens is 398 g/mol. The molecule has 6 heteroatoms. The predicted octanol–water partition coefficient (Wildman–Crippen LogP) is 4.60. The van der Waals surface area contributed by atoms with E-state index in [9.17, 15) is 0 Å². The average Bonchev–Trinajstić information content (AvgIpc) is 3.05. The van der Waals surface area contributed by atoms with Crippen LogP contribution in [0, 0.1) is 6.92 Å². The number of para-hydroxylation sites is 1. The zero-order valence-electron chi connectivity index (χ0n) is 18.8. The van der Waals surface area contributed by atoms with Gasteiger partial charge in [0.05, 0.1) is 29.0 Å². The Bertz CT molecular complexity index is 1240. The van der Waals surface area contributed by atoms with Crippen LogP contribution in [0.15, 0.2) is 54.6 Å². The lowest BCUT2D eigenvalue weighted by Crippen LogP contribution is -2.31. The number of aryl methyl sites for hydroxylation is 1. The van der Waals surface area contributed by atoms with Crippen molar-refractivity contribution < 1.29 is 4.74 Å². The van der Waals surface area contributed by atoms with Gasteiger partial charge < -0.3 is 9.64 Å². The van der Waals surface area contributed by atoms with Crippen LogP contribution in [0.2, 0.25) is 0 Å². The zero-order valence-corrected chi connectivity index (χ0v) is 18.8. The Morgan fingerprint density at radius 3 is 2.69 bits per heavy atom. The highest BCUT2D eigenvalue weighted by Crippen LogP contribution is 2.25. The molecule has 0 atom stereocenters. The molecule has 0 amide bonds. The fourth-order valence-electron chi connectivity index (χ4n) is 4.40. The van der Waals surface area contributed by atoms with Crippen molar-refractivity contribution in [1.29, 1.82) is 0 Å². The number of benzene rings is 2. The lowest BCUT2D eigenvalue weighted by molar-refractivity contribution is 0.282. The maximum Gasteiger partial charge on any atom is 0.226 e. The monoisotopic (exact) mass is 427 g/mol. The van der Waals surface area contributed by atoms with Crippen molar-refractivity contribution >= 4 is 27.8 Å². The second kappa shape index (κ2) is 9.09. The molecule has 1 aliphatic rings. The molecule has 0 radical (unpaired) electrons. The topological polar surface area (TPSA) is 54.4 Å². The number of nitrogens with zero attached hydrogens (tertiary/aromatic N) is 5. The molecule has 6 nitrogen and oxygen atoms in total. The summed E-state index contributed by atoms with van der Waals surface area (Å²) in [5.74, 6) is 1.69. The minimum atomic E-state index is 0.655. The molecule has 32 heavy (non-hydrogen) atoms. The number of hydrogen-bond donors (Lipinski definition) is 0. The van der Waals surface area contributed by atoms with Crippen molar-refractivity contribution in [3.8, 4) is 5.75 Å². The number of rotatable bonds is 5. The second-order valence-corrected chi connectivity index (χ2v) is 8.33. The van der Waals surface area contributed by atoms with Gasteiger partial charge in [-0.1, -0.05) is 24.3 Å². The molecule has 2 aromatic heterocycles. The van der Waals surface area contributed by atoms with Crippen molar-refractivity contribution in [2.24, 2.45) is 0 Å². The number of ether oxygens (including phenoxy) is 1. The van der Waals surface area contributed by atoms with Crippen molar-refractivity contribution in [3.05, 3.63) is 66.0 Å². The lowest BCUT2D eigenvalue weighted by Gasteiger charge is -2.22. The molecular formula is C26H29N5O. The second-order valence-electron chi connectivity index (χ2n) is 8.33. The fraction of sp³-hybridized carbons (Fsp3) is 0.346. The molecule has 0 bridgehead atoms. The van der Waals surface area contributed by atoms with Crippen LogP contribution in [0.25, 0.3) is 21.8 Å². The summed E-state index contributed by atoms with van der Waals surface area (Å²) in [4.78, 5) is 19.4. The van der Waals surface area contributed by atoms with Gasteiger partial charge in [-0.05, 0) is 50.6 Å². The molecule has 164 valence electrons. The molecule has 1 fully saturated rings.